The number of carbonyl (C=O) groups is 2. The van der Waals surface area contributed by atoms with Crippen LogP contribution in [0.5, 0.6) is 11.5 Å². The summed E-state index contributed by atoms with van der Waals surface area (Å²) in [6, 6.07) is 12.0. The summed E-state index contributed by atoms with van der Waals surface area (Å²) in [5.41, 5.74) is 1.53. The van der Waals surface area contributed by atoms with Gasteiger partial charge in [-0.05, 0) is 37.6 Å². The molecule has 0 aliphatic carbocycles. The molecule has 170 valence electrons. The molecule has 2 aliphatic rings. The molecule has 8 heteroatoms. The Morgan fingerprint density at radius 1 is 1.28 bits per heavy atom. The minimum Gasteiger partial charge on any atom is -0.507 e. The molecule has 1 amide bonds. The van der Waals surface area contributed by atoms with Crippen molar-refractivity contribution in [1.82, 2.24) is 4.90 Å². The second-order valence-electron chi connectivity index (χ2n) is 8.25. The van der Waals surface area contributed by atoms with Crippen LogP contribution in [0.15, 0.2) is 42.5 Å². The van der Waals surface area contributed by atoms with Crippen molar-refractivity contribution in [2.24, 2.45) is 0 Å². The summed E-state index contributed by atoms with van der Waals surface area (Å²) in [5.74, 6) is 0.984. The fraction of sp³-hybridized carbons (Fsp3) is 0.417. The standard InChI is InChI=1S/C24H27NO6S/c1-24(2)30-14-22(31-24)17-6-3-4-7-18(17)23(28)25-10-11-32-15-16(25)13-29-21-9-5-8-20(27)19(21)12-26/h3-9,12,16,22,27H,10-11,13-15H2,1-2H3. The van der Waals surface area contributed by atoms with Crippen LogP contribution in [0, 0.1) is 0 Å². The molecule has 2 aromatic carbocycles. The van der Waals surface area contributed by atoms with E-state index < -0.39 is 5.79 Å². The number of aldehydes is 1. The van der Waals surface area contributed by atoms with Gasteiger partial charge in [-0.2, -0.15) is 11.8 Å². The molecule has 0 saturated carbocycles. The topological polar surface area (TPSA) is 85.3 Å². The lowest BCUT2D eigenvalue weighted by atomic mass is 10.0. The van der Waals surface area contributed by atoms with Crippen LogP contribution in [0.2, 0.25) is 0 Å². The summed E-state index contributed by atoms with van der Waals surface area (Å²) in [5, 5.41) is 9.89. The second-order valence-corrected chi connectivity index (χ2v) is 9.40. The van der Waals surface area contributed by atoms with Gasteiger partial charge in [0.25, 0.3) is 5.91 Å². The Kier molecular flexibility index (Phi) is 6.74. The molecule has 2 aromatic rings. The summed E-state index contributed by atoms with van der Waals surface area (Å²) >= 11 is 1.76. The number of phenolic OH excluding ortho intramolecular Hbond substituents is 1. The van der Waals surface area contributed by atoms with E-state index in [1.165, 1.54) is 6.07 Å². The lowest BCUT2D eigenvalue weighted by Gasteiger charge is -2.36. The van der Waals surface area contributed by atoms with Crippen LogP contribution in [-0.2, 0) is 9.47 Å². The number of amides is 1. The Bertz CT molecular complexity index is 994. The number of carbonyl (C=O) groups excluding carboxylic acids is 2. The van der Waals surface area contributed by atoms with Crippen molar-refractivity contribution < 1.29 is 28.9 Å². The summed E-state index contributed by atoms with van der Waals surface area (Å²) < 4.78 is 17.6. The maximum absolute atomic E-state index is 13.6. The molecular weight excluding hydrogens is 430 g/mol. The van der Waals surface area contributed by atoms with E-state index in [1.54, 1.807) is 23.9 Å². The number of hydrogen-bond donors (Lipinski definition) is 1. The fourth-order valence-electron chi connectivity index (χ4n) is 3.99. The van der Waals surface area contributed by atoms with Crippen LogP contribution in [0.25, 0.3) is 0 Å². The van der Waals surface area contributed by atoms with Crippen LogP contribution in [-0.4, -0.2) is 65.3 Å². The molecule has 0 radical (unpaired) electrons. The molecule has 0 spiro atoms. The van der Waals surface area contributed by atoms with Gasteiger partial charge < -0.3 is 24.2 Å². The van der Waals surface area contributed by atoms with Crippen LogP contribution >= 0.6 is 11.8 Å². The molecule has 2 heterocycles. The van der Waals surface area contributed by atoms with E-state index in [9.17, 15) is 14.7 Å². The van der Waals surface area contributed by atoms with E-state index in [-0.39, 0.29) is 36.0 Å². The predicted molar refractivity (Wildman–Crippen MR) is 121 cm³/mol. The first-order chi connectivity index (χ1) is 15.4. The summed E-state index contributed by atoms with van der Waals surface area (Å²) in [7, 11) is 0. The Morgan fingerprint density at radius 2 is 2.09 bits per heavy atom. The number of nitrogens with zero attached hydrogens (tertiary/aromatic N) is 1. The highest BCUT2D eigenvalue weighted by molar-refractivity contribution is 7.99. The first-order valence-electron chi connectivity index (χ1n) is 10.6. The van der Waals surface area contributed by atoms with Crippen LogP contribution in [0.3, 0.4) is 0 Å². The SMILES string of the molecule is CC1(C)OCC(c2ccccc2C(=O)N2CCSCC2COc2cccc(O)c2C=O)O1. The highest BCUT2D eigenvalue weighted by atomic mass is 32.2. The molecule has 2 atom stereocenters. The molecular formula is C24H27NO6S. The number of benzene rings is 2. The third kappa shape index (κ3) is 4.77. The Morgan fingerprint density at radius 3 is 2.84 bits per heavy atom. The van der Waals surface area contributed by atoms with Gasteiger partial charge in [0.1, 0.15) is 24.2 Å². The molecule has 1 N–H and O–H groups in total. The molecule has 7 nitrogen and oxygen atoms in total. The molecule has 4 rings (SSSR count). The average molecular weight is 458 g/mol. The highest BCUT2D eigenvalue weighted by Crippen LogP contribution is 2.35. The van der Waals surface area contributed by atoms with E-state index in [0.717, 1.165) is 17.1 Å². The molecule has 2 unspecified atom stereocenters. The van der Waals surface area contributed by atoms with Crippen molar-refractivity contribution in [2.45, 2.75) is 31.8 Å². The molecule has 2 saturated heterocycles. The zero-order valence-electron chi connectivity index (χ0n) is 18.2. The maximum atomic E-state index is 13.6. The summed E-state index contributed by atoms with van der Waals surface area (Å²) in [6.45, 7) is 4.94. The first-order valence-corrected chi connectivity index (χ1v) is 11.7. The number of phenols is 1. The molecule has 2 fully saturated rings. The van der Waals surface area contributed by atoms with Crippen molar-refractivity contribution >= 4 is 24.0 Å². The number of ether oxygens (including phenoxy) is 3. The van der Waals surface area contributed by atoms with Crippen molar-refractivity contribution in [2.75, 3.05) is 31.3 Å². The largest absolute Gasteiger partial charge is 0.507 e. The Labute approximate surface area is 191 Å². The maximum Gasteiger partial charge on any atom is 0.254 e. The average Bonchev–Trinajstić information content (AvgIpc) is 3.17. The minimum atomic E-state index is -0.684. The lowest BCUT2D eigenvalue weighted by Crippen LogP contribution is -2.49. The smallest absolute Gasteiger partial charge is 0.254 e. The summed E-state index contributed by atoms with van der Waals surface area (Å²) in [6.07, 6.45) is 0.270. The Balaban J connectivity index is 1.53. The van der Waals surface area contributed by atoms with Gasteiger partial charge in [0, 0.05) is 23.6 Å². The van der Waals surface area contributed by atoms with E-state index in [4.69, 9.17) is 14.2 Å². The van der Waals surface area contributed by atoms with Crippen LogP contribution < -0.4 is 4.74 Å². The van der Waals surface area contributed by atoms with E-state index in [1.807, 2.05) is 43.0 Å². The second kappa shape index (κ2) is 9.52. The molecule has 0 bridgehead atoms. The van der Waals surface area contributed by atoms with Gasteiger partial charge in [0.05, 0.1) is 18.2 Å². The van der Waals surface area contributed by atoms with E-state index in [0.29, 0.717) is 30.8 Å². The monoisotopic (exact) mass is 457 g/mol. The zero-order valence-corrected chi connectivity index (χ0v) is 19.0. The van der Waals surface area contributed by atoms with Gasteiger partial charge in [0.2, 0.25) is 0 Å². The third-order valence-corrected chi connectivity index (χ3v) is 6.72. The number of hydrogen-bond acceptors (Lipinski definition) is 7. The third-order valence-electron chi connectivity index (χ3n) is 5.63. The van der Waals surface area contributed by atoms with Gasteiger partial charge in [-0.25, -0.2) is 0 Å². The quantitative estimate of drug-likeness (QED) is 0.663. The molecule has 32 heavy (non-hydrogen) atoms. The van der Waals surface area contributed by atoms with E-state index in [2.05, 4.69) is 0 Å². The molecule has 2 aliphatic heterocycles. The molecule has 0 aromatic heterocycles. The zero-order chi connectivity index (χ0) is 22.7. The van der Waals surface area contributed by atoms with Gasteiger partial charge in [0.15, 0.2) is 12.1 Å². The number of rotatable bonds is 6. The van der Waals surface area contributed by atoms with Crippen molar-refractivity contribution in [3.05, 3.63) is 59.2 Å². The van der Waals surface area contributed by atoms with Crippen molar-refractivity contribution in [3.63, 3.8) is 0 Å². The predicted octanol–water partition coefficient (Wildman–Crippen LogP) is 3.67. The van der Waals surface area contributed by atoms with Gasteiger partial charge in [-0.3, -0.25) is 9.59 Å². The van der Waals surface area contributed by atoms with Crippen molar-refractivity contribution in [1.29, 1.82) is 0 Å². The van der Waals surface area contributed by atoms with Gasteiger partial charge in [-0.1, -0.05) is 24.3 Å². The Hall–Kier alpha value is -2.55. The van der Waals surface area contributed by atoms with Crippen LogP contribution in [0.1, 0.15) is 46.2 Å². The number of aromatic hydroxyl groups is 1. The van der Waals surface area contributed by atoms with Crippen molar-refractivity contribution in [3.8, 4) is 11.5 Å². The minimum absolute atomic E-state index is 0.0747. The van der Waals surface area contributed by atoms with E-state index >= 15 is 0 Å². The lowest BCUT2D eigenvalue weighted by molar-refractivity contribution is -0.139. The fourth-order valence-corrected chi connectivity index (χ4v) is 5.03. The van der Waals surface area contributed by atoms with Crippen LogP contribution in [0.4, 0.5) is 0 Å². The van der Waals surface area contributed by atoms with Gasteiger partial charge in [-0.15, -0.1) is 0 Å². The number of thioether (sulfide) groups is 1. The summed E-state index contributed by atoms with van der Waals surface area (Å²) in [4.78, 5) is 26.8. The normalized spacial score (nSPS) is 22.5. The van der Waals surface area contributed by atoms with Gasteiger partial charge >= 0.3 is 0 Å². The highest BCUT2D eigenvalue weighted by Gasteiger charge is 2.37. The first kappa shape index (κ1) is 22.6.